The average molecular weight is 270 g/mol. The Morgan fingerprint density at radius 1 is 1.39 bits per heavy atom. The molecule has 96 valence electrons. The second-order valence-corrected chi connectivity index (χ2v) is 4.63. The zero-order valence-electron chi connectivity index (χ0n) is 9.54. The molecule has 0 radical (unpaired) electrons. The highest BCUT2D eigenvalue weighted by atomic mass is 35.5. The minimum atomic E-state index is -1.04. The van der Waals surface area contributed by atoms with Crippen LogP contribution in [0.15, 0.2) is 12.4 Å². The highest BCUT2D eigenvalue weighted by Crippen LogP contribution is 2.30. The Labute approximate surface area is 109 Å². The molecule has 1 aromatic rings. The fraction of sp³-hybridized carbons (Fsp3) is 0.455. The van der Waals surface area contributed by atoms with Crippen molar-refractivity contribution in [2.24, 2.45) is 5.92 Å². The molecule has 0 saturated heterocycles. The number of aromatic nitrogens is 2. The molecular formula is C11H12ClN3O3. The summed E-state index contributed by atoms with van der Waals surface area (Å²) in [5.41, 5.74) is 0.112. The first-order valence-corrected chi connectivity index (χ1v) is 5.92. The predicted molar refractivity (Wildman–Crippen MR) is 63.3 cm³/mol. The van der Waals surface area contributed by atoms with Crippen molar-refractivity contribution in [1.82, 2.24) is 14.9 Å². The Balaban J connectivity index is 2.10. The predicted octanol–water partition coefficient (Wildman–Crippen LogP) is 1.07. The molecule has 1 fully saturated rings. The SMILES string of the molecule is O=C(O)CN(CC1CC1)C(=O)c1cnc(Cl)cn1. The van der Waals surface area contributed by atoms with Crippen LogP contribution in [0.2, 0.25) is 5.15 Å². The van der Waals surface area contributed by atoms with Gasteiger partial charge in [0.15, 0.2) is 0 Å². The molecule has 0 aromatic carbocycles. The van der Waals surface area contributed by atoms with Gasteiger partial charge in [-0.25, -0.2) is 9.97 Å². The van der Waals surface area contributed by atoms with Crippen LogP contribution in [0, 0.1) is 5.92 Å². The van der Waals surface area contributed by atoms with E-state index in [1.165, 1.54) is 17.3 Å². The molecule has 0 aliphatic heterocycles. The maximum atomic E-state index is 12.1. The van der Waals surface area contributed by atoms with Gasteiger partial charge in [0.25, 0.3) is 5.91 Å². The molecule has 1 aliphatic carbocycles. The van der Waals surface area contributed by atoms with Gasteiger partial charge in [-0.3, -0.25) is 9.59 Å². The van der Waals surface area contributed by atoms with Gasteiger partial charge in [0.1, 0.15) is 17.4 Å². The van der Waals surface area contributed by atoms with Crippen molar-refractivity contribution in [3.63, 3.8) is 0 Å². The summed E-state index contributed by atoms with van der Waals surface area (Å²) in [5, 5.41) is 9.00. The summed E-state index contributed by atoms with van der Waals surface area (Å²) in [6.45, 7) is 0.134. The lowest BCUT2D eigenvalue weighted by Gasteiger charge is -2.19. The number of carboxylic acid groups (broad SMARTS) is 1. The molecule has 1 aromatic heterocycles. The van der Waals surface area contributed by atoms with Gasteiger partial charge in [0, 0.05) is 6.54 Å². The molecule has 1 saturated carbocycles. The van der Waals surface area contributed by atoms with Gasteiger partial charge >= 0.3 is 5.97 Å². The first kappa shape index (κ1) is 12.8. The molecule has 1 N–H and O–H groups in total. The summed E-state index contributed by atoms with van der Waals surface area (Å²) in [7, 11) is 0. The summed E-state index contributed by atoms with van der Waals surface area (Å²) in [4.78, 5) is 31.7. The van der Waals surface area contributed by atoms with Crippen LogP contribution in [0.4, 0.5) is 0 Å². The van der Waals surface area contributed by atoms with E-state index in [9.17, 15) is 9.59 Å². The van der Waals surface area contributed by atoms with Crippen LogP contribution >= 0.6 is 11.6 Å². The Morgan fingerprint density at radius 3 is 2.61 bits per heavy atom. The monoisotopic (exact) mass is 269 g/mol. The molecule has 0 spiro atoms. The van der Waals surface area contributed by atoms with Crippen molar-refractivity contribution in [3.05, 3.63) is 23.2 Å². The van der Waals surface area contributed by atoms with Crippen LogP contribution in [0.25, 0.3) is 0 Å². The maximum absolute atomic E-state index is 12.1. The van der Waals surface area contributed by atoms with Crippen LogP contribution < -0.4 is 0 Å². The Morgan fingerprint density at radius 2 is 2.11 bits per heavy atom. The third kappa shape index (κ3) is 3.40. The highest BCUT2D eigenvalue weighted by Gasteiger charge is 2.29. The Hall–Kier alpha value is -1.69. The van der Waals surface area contributed by atoms with Crippen molar-refractivity contribution in [3.8, 4) is 0 Å². The molecular weight excluding hydrogens is 258 g/mol. The normalized spacial score (nSPS) is 14.3. The topological polar surface area (TPSA) is 83.4 Å². The van der Waals surface area contributed by atoms with E-state index in [0.717, 1.165) is 12.8 Å². The van der Waals surface area contributed by atoms with Gasteiger partial charge < -0.3 is 10.0 Å². The molecule has 18 heavy (non-hydrogen) atoms. The number of amides is 1. The Kier molecular flexibility index (Phi) is 3.76. The van der Waals surface area contributed by atoms with E-state index >= 15 is 0 Å². The van der Waals surface area contributed by atoms with E-state index in [1.807, 2.05) is 0 Å². The number of aliphatic carboxylic acids is 1. The number of rotatable bonds is 5. The Bertz CT molecular complexity index is 459. The van der Waals surface area contributed by atoms with E-state index in [1.54, 1.807) is 0 Å². The number of halogens is 1. The van der Waals surface area contributed by atoms with Crippen LogP contribution in [0.3, 0.4) is 0 Å². The molecule has 0 bridgehead atoms. The number of hydrogen-bond donors (Lipinski definition) is 1. The first-order chi connectivity index (χ1) is 8.56. The van der Waals surface area contributed by atoms with E-state index in [-0.39, 0.29) is 17.4 Å². The van der Waals surface area contributed by atoms with Crippen molar-refractivity contribution in [2.45, 2.75) is 12.8 Å². The third-order valence-corrected chi connectivity index (χ3v) is 2.82. The first-order valence-electron chi connectivity index (χ1n) is 5.55. The summed E-state index contributed by atoms with van der Waals surface area (Å²) in [6.07, 6.45) is 4.60. The van der Waals surface area contributed by atoms with Crippen molar-refractivity contribution < 1.29 is 14.7 Å². The number of carboxylic acids is 1. The number of carbonyl (C=O) groups is 2. The fourth-order valence-corrected chi connectivity index (χ4v) is 1.68. The van der Waals surface area contributed by atoms with E-state index in [4.69, 9.17) is 16.7 Å². The summed E-state index contributed by atoms with van der Waals surface area (Å²) < 4.78 is 0. The van der Waals surface area contributed by atoms with Gasteiger partial charge in [-0.05, 0) is 18.8 Å². The minimum absolute atomic E-state index is 0.112. The molecule has 7 heteroatoms. The molecule has 0 unspecified atom stereocenters. The number of hydrogen-bond acceptors (Lipinski definition) is 4. The molecule has 1 aliphatic rings. The standard InChI is InChI=1S/C11H12ClN3O3/c12-9-4-13-8(3-14-9)11(18)15(6-10(16)17)5-7-1-2-7/h3-4,7H,1-2,5-6H2,(H,16,17). The number of nitrogens with zero attached hydrogens (tertiary/aromatic N) is 3. The second kappa shape index (κ2) is 5.30. The van der Waals surface area contributed by atoms with Crippen LogP contribution in [0.1, 0.15) is 23.3 Å². The third-order valence-electron chi connectivity index (χ3n) is 2.63. The molecule has 1 heterocycles. The van der Waals surface area contributed by atoms with Crippen molar-refractivity contribution >= 4 is 23.5 Å². The maximum Gasteiger partial charge on any atom is 0.323 e. The van der Waals surface area contributed by atoms with Gasteiger partial charge in [-0.2, -0.15) is 0 Å². The van der Waals surface area contributed by atoms with E-state index in [0.29, 0.717) is 12.5 Å². The highest BCUT2D eigenvalue weighted by molar-refractivity contribution is 6.29. The molecule has 0 atom stereocenters. The van der Waals surface area contributed by atoms with Crippen LogP contribution in [0.5, 0.6) is 0 Å². The van der Waals surface area contributed by atoms with E-state index < -0.39 is 11.9 Å². The van der Waals surface area contributed by atoms with Gasteiger partial charge in [-0.1, -0.05) is 11.6 Å². The smallest absolute Gasteiger partial charge is 0.323 e. The second-order valence-electron chi connectivity index (χ2n) is 4.25. The minimum Gasteiger partial charge on any atom is -0.480 e. The van der Waals surface area contributed by atoms with E-state index in [2.05, 4.69) is 9.97 Å². The molecule has 2 rings (SSSR count). The summed E-state index contributed by atoms with van der Waals surface area (Å²) in [6, 6.07) is 0. The van der Waals surface area contributed by atoms with Crippen molar-refractivity contribution in [2.75, 3.05) is 13.1 Å². The van der Waals surface area contributed by atoms with Crippen molar-refractivity contribution in [1.29, 1.82) is 0 Å². The fourth-order valence-electron chi connectivity index (χ4n) is 1.58. The van der Waals surface area contributed by atoms with Gasteiger partial charge in [0.05, 0.1) is 12.4 Å². The quantitative estimate of drug-likeness (QED) is 0.864. The molecule has 6 nitrogen and oxygen atoms in total. The average Bonchev–Trinajstić information content (AvgIpc) is 3.12. The lowest BCUT2D eigenvalue weighted by atomic mass is 10.3. The van der Waals surface area contributed by atoms with Gasteiger partial charge in [0.2, 0.25) is 0 Å². The van der Waals surface area contributed by atoms with Crippen LogP contribution in [-0.2, 0) is 4.79 Å². The molecule has 1 amide bonds. The zero-order valence-corrected chi connectivity index (χ0v) is 10.3. The summed E-state index contributed by atoms with van der Waals surface area (Å²) in [5.74, 6) is -1.05. The zero-order chi connectivity index (χ0) is 13.1. The lowest BCUT2D eigenvalue weighted by molar-refractivity contribution is -0.137. The lowest BCUT2D eigenvalue weighted by Crippen LogP contribution is -2.37. The number of carbonyl (C=O) groups excluding carboxylic acids is 1. The van der Waals surface area contributed by atoms with Gasteiger partial charge in [-0.15, -0.1) is 0 Å². The van der Waals surface area contributed by atoms with Crippen LogP contribution in [-0.4, -0.2) is 44.9 Å². The summed E-state index contributed by atoms with van der Waals surface area (Å²) >= 11 is 5.58. The largest absolute Gasteiger partial charge is 0.480 e.